The zero-order valence-electron chi connectivity index (χ0n) is 17.2. The van der Waals surface area contributed by atoms with Crippen molar-refractivity contribution in [2.45, 2.75) is 39.0 Å². The Morgan fingerprint density at radius 2 is 1.96 bits per heavy atom. The molecule has 5 heteroatoms. The van der Waals surface area contributed by atoms with Gasteiger partial charge in [0.1, 0.15) is 0 Å². The second-order valence-electron chi connectivity index (χ2n) is 8.25. The lowest BCUT2D eigenvalue weighted by Gasteiger charge is -2.33. The van der Waals surface area contributed by atoms with Crippen LogP contribution in [0.15, 0.2) is 36.4 Å². The van der Waals surface area contributed by atoms with Gasteiger partial charge in [0, 0.05) is 49.2 Å². The van der Waals surface area contributed by atoms with Gasteiger partial charge in [0.05, 0.1) is 19.3 Å². The molecular formula is C23H31N3O2. The second kappa shape index (κ2) is 8.19. The number of rotatable bonds is 6. The number of carbonyl (C=O) groups is 1. The Morgan fingerprint density at radius 1 is 1.18 bits per heavy atom. The Morgan fingerprint density at radius 3 is 2.71 bits per heavy atom. The third-order valence-corrected chi connectivity index (χ3v) is 6.36. The van der Waals surface area contributed by atoms with Crippen LogP contribution in [-0.4, -0.2) is 72.1 Å². The number of carbonyl (C=O) groups excluding carboxylic acids is 1. The average molecular weight is 382 g/mol. The number of hydrogen-bond donors (Lipinski definition) is 0. The molecule has 0 bridgehead atoms. The fourth-order valence-corrected chi connectivity index (χ4v) is 4.66. The van der Waals surface area contributed by atoms with Gasteiger partial charge in [-0.3, -0.25) is 14.6 Å². The molecule has 2 aromatic rings. The zero-order valence-corrected chi connectivity index (χ0v) is 17.2. The Kier molecular flexibility index (Phi) is 5.67. The van der Waals surface area contributed by atoms with E-state index in [1.165, 1.54) is 5.56 Å². The van der Waals surface area contributed by atoms with Crippen molar-refractivity contribution in [1.82, 2.24) is 14.4 Å². The van der Waals surface area contributed by atoms with Gasteiger partial charge in [-0.15, -0.1) is 0 Å². The first-order valence-electron chi connectivity index (χ1n) is 10.3. The van der Waals surface area contributed by atoms with E-state index in [1.807, 2.05) is 6.07 Å². The molecule has 1 aromatic heterocycles. The second-order valence-corrected chi connectivity index (χ2v) is 8.25. The van der Waals surface area contributed by atoms with Gasteiger partial charge in [-0.1, -0.05) is 30.3 Å². The van der Waals surface area contributed by atoms with Gasteiger partial charge in [0.15, 0.2) is 5.78 Å². The van der Waals surface area contributed by atoms with Crippen molar-refractivity contribution in [3.05, 3.63) is 58.9 Å². The minimum Gasteiger partial charge on any atom is -0.374 e. The highest BCUT2D eigenvalue weighted by atomic mass is 16.5. The van der Waals surface area contributed by atoms with Gasteiger partial charge in [-0.25, -0.2) is 0 Å². The highest BCUT2D eigenvalue weighted by Gasteiger charge is 2.39. The normalized spacial score (nSPS) is 23.1. The van der Waals surface area contributed by atoms with E-state index in [4.69, 9.17) is 4.74 Å². The topological polar surface area (TPSA) is 37.7 Å². The minimum atomic E-state index is 0.223. The maximum Gasteiger partial charge on any atom is 0.178 e. The fraction of sp³-hybridized carbons (Fsp3) is 0.522. The molecular weight excluding hydrogens is 350 g/mol. The highest BCUT2D eigenvalue weighted by molar-refractivity contribution is 5.99. The summed E-state index contributed by atoms with van der Waals surface area (Å²) in [5.74, 6) is 0.223. The van der Waals surface area contributed by atoms with E-state index < -0.39 is 0 Å². The number of hydrogen-bond acceptors (Lipinski definition) is 4. The standard InChI is InChI=1S/C23H31N3O2/c1-17-13-20(18(2)26(17)10-9-19-7-5-4-6-8-19)22(27)15-25-14-21-23(16-25)28-12-11-24(21)3/h4-8,13,21,23H,9-12,14-16H2,1-3H3/t21-,23-/m1/s1. The zero-order chi connectivity index (χ0) is 19.7. The first-order chi connectivity index (χ1) is 13.5. The van der Waals surface area contributed by atoms with Crippen LogP contribution in [0.4, 0.5) is 0 Å². The van der Waals surface area contributed by atoms with Gasteiger partial charge >= 0.3 is 0 Å². The Labute approximate surface area is 167 Å². The molecule has 3 heterocycles. The summed E-state index contributed by atoms with van der Waals surface area (Å²) in [5.41, 5.74) is 4.44. The summed E-state index contributed by atoms with van der Waals surface area (Å²) in [6.07, 6.45) is 1.22. The number of fused-ring (bicyclic) bond motifs is 1. The van der Waals surface area contributed by atoms with Gasteiger partial charge in [0.2, 0.25) is 0 Å². The summed E-state index contributed by atoms with van der Waals surface area (Å²) in [7, 11) is 2.16. The predicted molar refractivity (Wildman–Crippen MR) is 111 cm³/mol. The fourth-order valence-electron chi connectivity index (χ4n) is 4.66. The van der Waals surface area contributed by atoms with E-state index in [0.717, 1.165) is 56.2 Å². The molecule has 0 saturated carbocycles. The third kappa shape index (κ3) is 3.93. The highest BCUT2D eigenvalue weighted by Crippen LogP contribution is 2.23. The van der Waals surface area contributed by atoms with Crippen molar-refractivity contribution in [3.63, 3.8) is 0 Å². The average Bonchev–Trinajstić information content (AvgIpc) is 3.22. The molecule has 0 aliphatic carbocycles. The van der Waals surface area contributed by atoms with Crippen LogP contribution in [0.3, 0.4) is 0 Å². The molecule has 2 saturated heterocycles. The summed E-state index contributed by atoms with van der Waals surface area (Å²) in [6.45, 7) is 9.10. The number of morpholine rings is 1. The number of aryl methyl sites for hydroxylation is 2. The lowest BCUT2D eigenvalue weighted by Crippen LogP contribution is -2.48. The van der Waals surface area contributed by atoms with E-state index in [1.54, 1.807) is 0 Å². The van der Waals surface area contributed by atoms with Gasteiger partial charge < -0.3 is 9.30 Å². The van der Waals surface area contributed by atoms with Crippen LogP contribution in [0.25, 0.3) is 0 Å². The number of benzene rings is 1. The minimum absolute atomic E-state index is 0.223. The molecule has 0 unspecified atom stereocenters. The van der Waals surface area contributed by atoms with Crippen molar-refractivity contribution < 1.29 is 9.53 Å². The number of ketones is 1. The Bertz CT molecular complexity index is 830. The smallest absolute Gasteiger partial charge is 0.178 e. The third-order valence-electron chi connectivity index (χ3n) is 6.36. The van der Waals surface area contributed by atoms with Crippen LogP contribution < -0.4 is 0 Å². The molecule has 28 heavy (non-hydrogen) atoms. The quantitative estimate of drug-likeness (QED) is 0.721. The molecule has 0 radical (unpaired) electrons. The molecule has 2 atom stereocenters. The first-order valence-corrected chi connectivity index (χ1v) is 10.3. The number of likely N-dealkylation sites (N-methyl/N-ethyl adjacent to an activating group) is 1. The number of likely N-dealkylation sites (tertiary alicyclic amines) is 1. The van der Waals surface area contributed by atoms with E-state index in [2.05, 4.69) is 65.6 Å². The van der Waals surface area contributed by atoms with Crippen LogP contribution in [-0.2, 0) is 17.7 Å². The summed E-state index contributed by atoms with van der Waals surface area (Å²) in [5, 5.41) is 0. The van der Waals surface area contributed by atoms with E-state index in [-0.39, 0.29) is 11.9 Å². The molecule has 4 rings (SSSR count). The monoisotopic (exact) mass is 381 g/mol. The number of nitrogens with zero attached hydrogens (tertiary/aromatic N) is 3. The SMILES string of the molecule is Cc1cc(C(=O)CN2C[C@@H]3[C@@H](C2)OCCN3C)c(C)n1CCc1ccccc1. The summed E-state index contributed by atoms with van der Waals surface area (Å²) >= 11 is 0. The van der Waals surface area contributed by atoms with Crippen LogP contribution in [0.1, 0.15) is 27.3 Å². The van der Waals surface area contributed by atoms with Crippen LogP contribution in [0, 0.1) is 13.8 Å². The van der Waals surface area contributed by atoms with E-state index in [0.29, 0.717) is 12.6 Å². The summed E-state index contributed by atoms with van der Waals surface area (Å²) in [4.78, 5) is 17.7. The molecule has 0 spiro atoms. The number of Topliss-reactive ketones (excluding diaryl/α,β-unsaturated/α-hetero) is 1. The number of ether oxygens (including phenoxy) is 1. The number of aromatic nitrogens is 1. The van der Waals surface area contributed by atoms with Crippen molar-refractivity contribution in [2.24, 2.45) is 0 Å². The van der Waals surface area contributed by atoms with Crippen LogP contribution >= 0.6 is 0 Å². The first kappa shape index (κ1) is 19.4. The van der Waals surface area contributed by atoms with Crippen molar-refractivity contribution >= 4 is 5.78 Å². The molecule has 2 aliphatic rings. The Hall–Kier alpha value is -1.95. The summed E-state index contributed by atoms with van der Waals surface area (Å²) in [6, 6.07) is 13.0. The van der Waals surface area contributed by atoms with Crippen molar-refractivity contribution in [2.75, 3.05) is 39.8 Å². The maximum absolute atomic E-state index is 13.0. The predicted octanol–water partition coefficient (Wildman–Crippen LogP) is 2.55. The van der Waals surface area contributed by atoms with Gasteiger partial charge in [-0.05, 0) is 38.9 Å². The van der Waals surface area contributed by atoms with Gasteiger partial charge in [-0.2, -0.15) is 0 Å². The van der Waals surface area contributed by atoms with Crippen molar-refractivity contribution in [1.29, 1.82) is 0 Å². The largest absolute Gasteiger partial charge is 0.374 e. The van der Waals surface area contributed by atoms with Crippen LogP contribution in [0.2, 0.25) is 0 Å². The van der Waals surface area contributed by atoms with Crippen LogP contribution in [0.5, 0.6) is 0 Å². The summed E-state index contributed by atoms with van der Waals surface area (Å²) < 4.78 is 8.19. The molecule has 2 aliphatic heterocycles. The molecule has 1 aromatic carbocycles. The van der Waals surface area contributed by atoms with E-state index in [9.17, 15) is 4.79 Å². The van der Waals surface area contributed by atoms with Gasteiger partial charge in [0.25, 0.3) is 0 Å². The molecule has 0 N–H and O–H groups in total. The Balaban J connectivity index is 1.41. The maximum atomic E-state index is 13.0. The molecule has 2 fully saturated rings. The van der Waals surface area contributed by atoms with Crippen molar-refractivity contribution in [3.8, 4) is 0 Å². The molecule has 0 amide bonds. The lowest BCUT2D eigenvalue weighted by atomic mass is 10.1. The lowest BCUT2D eigenvalue weighted by molar-refractivity contribution is -0.0369. The molecule has 150 valence electrons. The molecule has 5 nitrogen and oxygen atoms in total. The van der Waals surface area contributed by atoms with E-state index >= 15 is 0 Å².